The summed E-state index contributed by atoms with van der Waals surface area (Å²) in [4.78, 5) is 0. The molecule has 0 atom stereocenters. The third-order valence-corrected chi connectivity index (χ3v) is 1.87. The zero-order valence-corrected chi connectivity index (χ0v) is 7.82. The number of rotatable bonds is 0. The van der Waals surface area contributed by atoms with E-state index in [9.17, 15) is 0 Å². The fourth-order valence-corrected chi connectivity index (χ4v) is 0.417. The lowest BCUT2D eigenvalue weighted by Crippen LogP contribution is -1.85. The van der Waals surface area contributed by atoms with Crippen molar-refractivity contribution in [3.05, 3.63) is 0 Å². The summed E-state index contributed by atoms with van der Waals surface area (Å²) in [6.07, 6.45) is 8.97. The molecule has 2 fully saturated rings. The van der Waals surface area contributed by atoms with Crippen LogP contribution in [0.15, 0.2) is 0 Å². The quantitative estimate of drug-likeness (QED) is 0.479. The van der Waals surface area contributed by atoms with E-state index >= 15 is 0 Å². The Morgan fingerprint density at radius 2 is 1.00 bits per heavy atom. The van der Waals surface area contributed by atoms with Crippen molar-refractivity contribution in [2.75, 3.05) is 0 Å². The summed E-state index contributed by atoms with van der Waals surface area (Å²) in [6.45, 7) is 6.28. The Morgan fingerprint density at radius 1 is 0.800 bits per heavy atom. The summed E-state index contributed by atoms with van der Waals surface area (Å²) in [5.41, 5.74) is 0. The lowest BCUT2D eigenvalue weighted by Gasteiger charge is -2.05. The second kappa shape index (κ2) is 7.11. The average molecular weight is 142 g/mol. The van der Waals surface area contributed by atoms with Crippen LogP contribution < -0.4 is 0 Å². The highest BCUT2D eigenvalue weighted by Crippen LogP contribution is 2.26. The molecule has 0 aliphatic heterocycles. The SMILES string of the molecule is C1CCC1.CC.CC1CC1. The predicted octanol–water partition coefficient (Wildman–Crippen LogP) is 4.00. The third kappa shape index (κ3) is 8.00. The molecule has 62 valence electrons. The Kier molecular flexibility index (Phi) is 7.11. The van der Waals surface area contributed by atoms with Gasteiger partial charge in [-0.2, -0.15) is 0 Å². The maximum atomic E-state index is 2.28. The largest absolute Gasteiger partial charge is 0.0683 e. The normalized spacial score (nSPS) is 20.7. The van der Waals surface area contributed by atoms with Crippen molar-refractivity contribution in [2.45, 2.75) is 59.3 Å². The van der Waals surface area contributed by atoms with Crippen LogP contribution in [0.4, 0.5) is 0 Å². The topological polar surface area (TPSA) is 0 Å². The van der Waals surface area contributed by atoms with Gasteiger partial charge in [-0.05, 0) is 5.92 Å². The van der Waals surface area contributed by atoms with Crippen LogP contribution in [0.5, 0.6) is 0 Å². The van der Waals surface area contributed by atoms with Crippen LogP contribution >= 0.6 is 0 Å². The van der Waals surface area contributed by atoms with Crippen molar-refractivity contribution < 1.29 is 0 Å². The lowest BCUT2D eigenvalue weighted by molar-refractivity contribution is 0.504. The van der Waals surface area contributed by atoms with Crippen LogP contribution in [-0.2, 0) is 0 Å². The molecule has 0 amide bonds. The molecule has 2 saturated carbocycles. The van der Waals surface area contributed by atoms with Gasteiger partial charge in [0.1, 0.15) is 0 Å². The monoisotopic (exact) mass is 142 g/mol. The minimum absolute atomic E-state index is 1.08. The first-order valence-electron chi connectivity index (χ1n) is 4.89. The Morgan fingerprint density at radius 3 is 1.00 bits per heavy atom. The fourth-order valence-electron chi connectivity index (χ4n) is 0.417. The van der Waals surface area contributed by atoms with Gasteiger partial charge in [0.2, 0.25) is 0 Å². The van der Waals surface area contributed by atoms with Gasteiger partial charge in [0.05, 0.1) is 0 Å². The van der Waals surface area contributed by atoms with E-state index in [1.165, 1.54) is 38.5 Å². The molecule has 0 aromatic rings. The van der Waals surface area contributed by atoms with Crippen LogP contribution in [0, 0.1) is 5.92 Å². The summed E-state index contributed by atoms with van der Waals surface area (Å²) < 4.78 is 0. The van der Waals surface area contributed by atoms with Gasteiger partial charge < -0.3 is 0 Å². The molecule has 0 heterocycles. The maximum Gasteiger partial charge on any atom is -0.0443 e. The number of hydrogen-bond donors (Lipinski definition) is 0. The molecule has 0 aromatic carbocycles. The molecule has 0 radical (unpaired) electrons. The van der Waals surface area contributed by atoms with Crippen LogP contribution in [-0.4, -0.2) is 0 Å². The molecule has 0 unspecified atom stereocenters. The Hall–Kier alpha value is 0. The van der Waals surface area contributed by atoms with Crippen molar-refractivity contribution in [3.63, 3.8) is 0 Å². The molecular weight excluding hydrogens is 120 g/mol. The van der Waals surface area contributed by atoms with E-state index in [2.05, 4.69) is 6.92 Å². The molecule has 0 bridgehead atoms. The zero-order valence-electron chi connectivity index (χ0n) is 7.82. The molecule has 0 spiro atoms. The minimum Gasteiger partial charge on any atom is -0.0683 e. The van der Waals surface area contributed by atoms with Crippen LogP contribution in [0.2, 0.25) is 0 Å². The maximum absolute atomic E-state index is 2.28. The molecular formula is C10H22. The van der Waals surface area contributed by atoms with Gasteiger partial charge in [0.25, 0.3) is 0 Å². The minimum atomic E-state index is 1.08. The van der Waals surface area contributed by atoms with E-state index in [0.29, 0.717) is 0 Å². The predicted molar refractivity (Wildman–Crippen MR) is 48.2 cm³/mol. The summed E-state index contributed by atoms with van der Waals surface area (Å²) >= 11 is 0. The molecule has 10 heavy (non-hydrogen) atoms. The summed E-state index contributed by atoms with van der Waals surface area (Å²) in [5, 5.41) is 0. The molecule has 2 rings (SSSR count). The van der Waals surface area contributed by atoms with Gasteiger partial charge in [0, 0.05) is 0 Å². The van der Waals surface area contributed by atoms with Crippen molar-refractivity contribution in [1.29, 1.82) is 0 Å². The van der Waals surface area contributed by atoms with Crippen molar-refractivity contribution in [2.24, 2.45) is 5.92 Å². The molecule has 0 nitrogen and oxygen atoms in total. The Balaban J connectivity index is 0.000000131. The van der Waals surface area contributed by atoms with Gasteiger partial charge in [-0.1, -0.05) is 59.3 Å². The van der Waals surface area contributed by atoms with Gasteiger partial charge in [0.15, 0.2) is 0 Å². The Labute approximate surface area is 66.0 Å². The highest BCUT2D eigenvalue weighted by atomic mass is 14.2. The van der Waals surface area contributed by atoms with E-state index in [1.807, 2.05) is 13.8 Å². The van der Waals surface area contributed by atoms with Crippen LogP contribution in [0.1, 0.15) is 59.3 Å². The first-order chi connectivity index (χ1) is 4.89. The first-order valence-corrected chi connectivity index (χ1v) is 4.89. The smallest absolute Gasteiger partial charge is 0.0443 e. The second-order valence-corrected chi connectivity index (χ2v) is 3.10. The molecule has 0 N–H and O–H groups in total. The fraction of sp³-hybridized carbons (Fsp3) is 1.00. The molecule has 2 aliphatic carbocycles. The van der Waals surface area contributed by atoms with E-state index in [-0.39, 0.29) is 0 Å². The van der Waals surface area contributed by atoms with E-state index in [1.54, 1.807) is 0 Å². The average Bonchev–Trinajstić information content (AvgIpc) is 2.52. The zero-order chi connectivity index (χ0) is 7.82. The molecule has 0 heteroatoms. The van der Waals surface area contributed by atoms with Gasteiger partial charge in [-0.3, -0.25) is 0 Å². The van der Waals surface area contributed by atoms with Crippen molar-refractivity contribution >= 4 is 0 Å². The van der Waals surface area contributed by atoms with Gasteiger partial charge in [-0.25, -0.2) is 0 Å². The van der Waals surface area contributed by atoms with Crippen LogP contribution in [0.25, 0.3) is 0 Å². The van der Waals surface area contributed by atoms with Gasteiger partial charge >= 0.3 is 0 Å². The highest BCUT2D eigenvalue weighted by Gasteiger charge is 2.12. The van der Waals surface area contributed by atoms with Crippen molar-refractivity contribution in [3.8, 4) is 0 Å². The van der Waals surface area contributed by atoms with Crippen LogP contribution in [0.3, 0.4) is 0 Å². The molecule has 0 aromatic heterocycles. The van der Waals surface area contributed by atoms with Gasteiger partial charge in [-0.15, -0.1) is 0 Å². The standard InChI is InChI=1S/2C4H8.C2H6/c1-4-2-3-4;1-2-4-3-1;1-2/h4H,2-3H2,1H3;1-4H2;1-2H3. The van der Waals surface area contributed by atoms with E-state index in [4.69, 9.17) is 0 Å². The van der Waals surface area contributed by atoms with Crippen molar-refractivity contribution in [1.82, 2.24) is 0 Å². The molecule has 0 saturated heterocycles. The van der Waals surface area contributed by atoms with E-state index < -0.39 is 0 Å². The third-order valence-electron chi connectivity index (χ3n) is 1.87. The lowest BCUT2D eigenvalue weighted by atomic mass is 10.0. The Bertz CT molecular complexity index is 45.1. The van der Waals surface area contributed by atoms with E-state index in [0.717, 1.165) is 5.92 Å². The molecule has 2 aliphatic rings. The number of hydrogen-bond acceptors (Lipinski definition) is 0. The summed E-state index contributed by atoms with van der Waals surface area (Å²) in [7, 11) is 0. The first kappa shape index (κ1) is 10.0. The second-order valence-electron chi connectivity index (χ2n) is 3.10. The summed E-state index contributed by atoms with van der Waals surface area (Å²) in [6, 6.07) is 0. The highest BCUT2D eigenvalue weighted by molar-refractivity contribution is 4.65. The summed E-state index contributed by atoms with van der Waals surface area (Å²) in [5.74, 6) is 1.08.